The van der Waals surface area contributed by atoms with Crippen LogP contribution in [-0.4, -0.2) is 50.4 Å². The summed E-state index contributed by atoms with van der Waals surface area (Å²) in [6.45, 7) is 6.22. The third-order valence-electron chi connectivity index (χ3n) is 5.49. The van der Waals surface area contributed by atoms with Crippen molar-refractivity contribution in [1.82, 2.24) is 29.7 Å². The van der Waals surface area contributed by atoms with Crippen LogP contribution in [0, 0.1) is 0 Å². The summed E-state index contributed by atoms with van der Waals surface area (Å²) in [5.41, 5.74) is 0. The molecule has 0 N–H and O–H groups in total. The van der Waals surface area contributed by atoms with E-state index in [1.165, 1.54) is 19.3 Å². The normalized spacial score (nSPS) is 20.0. The number of hydrogen-bond acceptors (Lipinski definition) is 7. The Labute approximate surface area is 161 Å². The van der Waals surface area contributed by atoms with E-state index in [2.05, 4.69) is 38.5 Å². The molecular weight excluding hydrogens is 340 g/mol. The molecular formula is C19H30N8. The number of fused-ring (bicyclic) bond motifs is 1. The van der Waals surface area contributed by atoms with E-state index >= 15 is 0 Å². The van der Waals surface area contributed by atoms with Crippen molar-refractivity contribution in [1.29, 1.82) is 0 Å². The monoisotopic (exact) mass is 370 g/mol. The summed E-state index contributed by atoms with van der Waals surface area (Å²) < 4.78 is 2.35. The average molecular weight is 371 g/mol. The highest BCUT2D eigenvalue weighted by Crippen LogP contribution is 2.35. The second-order valence-corrected chi connectivity index (χ2v) is 8.13. The fourth-order valence-corrected chi connectivity index (χ4v) is 3.98. The van der Waals surface area contributed by atoms with E-state index in [1.54, 1.807) is 0 Å². The van der Waals surface area contributed by atoms with Crippen molar-refractivity contribution in [2.45, 2.75) is 70.9 Å². The quantitative estimate of drug-likeness (QED) is 0.819. The third kappa shape index (κ3) is 3.49. The van der Waals surface area contributed by atoms with E-state index in [-0.39, 0.29) is 12.0 Å². The molecule has 27 heavy (non-hydrogen) atoms. The number of anilines is 2. The van der Waals surface area contributed by atoms with Crippen LogP contribution in [0.4, 0.5) is 11.9 Å². The molecule has 0 aliphatic carbocycles. The van der Waals surface area contributed by atoms with Crippen LogP contribution >= 0.6 is 0 Å². The Hall–Kier alpha value is -2.25. The van der Waals surface area contributed by atoms with E-state index in [0.29, 0.717) is 0 Å². The standard InChI is InChI=1S/C19H30N8/c1-13(2)16-20-18(25(3)4)22-19(21-16)26-12-8-9-14(26)17-24-23-15-10-6-5-7-11-27(15)17/h13-14H,5-12H2,1-4H3. The highest BCUT2D eigenvalue weighted by Gasteiger charge is 2.33. The van der Waals surface area contributed by atoms with Gasteiger partial charge in [0, 0.05) is 39.5 Å². The van der Waals surface area contributed by atoms with Crippen LogP contribution in [0.2, 0.25) is 0 Å². The Morgan fingerprint density at radius 3 is 2.59 bits per heavy atom. The molecule has 2 aliphatic heterocycles. The van der Waals surface area contributed by atoms with Crippen molar-refractivity contribution in [3.8, 4) is 0 Å². The van der Waals surface area contributed by atoms with Crippen LogP contribution in [0.5, 0.6) is 0 Å². The summed E-state index contributed by atoms with van der Waals surface area (Å²) in [6, 6.07) is 0.196. The average Bonchev–Trinajstić information content (AvgIpc) is 3.22. The van der Waals surface area contributed by atoms with Crippen molar-refractivity contribution in [3.63, 3.8) is 0 Å². The van der Waals surface area contributed by atoms with Gasteiger partial charge in [-0.15, -0.1) is 10.2 Å². The molecule has 0 spiro atoms. The van der Waals surface area contributed by atoms with Crippen LogP contribution in [0.15, 0.2) is 0 Å². The second kappa shape index (κ2) is 7.40. The van der Waals surface area contributed by atoms with E-state index in [0.717, 1.165) is 61.7 Å². The molecule has 146 valence electrons. The first-order valence-electron chi connectivity index (χ1n) is 10.2. The van der Waals surface area contributed by atoms with E-state index in [4.69, 9.17) is 9.97 Å². The van der Waals surface area contributed by atoms with Crippen molar-refractivity contribution in [2.75, 3.05) is 30.4 Å². The third-order valence-corrected chi connectivity index (χ3v) is 5.49. The van der Waals surface area contributed by atoms with Gasteiger partial charge in [0.25, 0.3) is 0 Å². The molecule has 0 radical (unpaired) electrons. The number of nitrogens with zero attached hydrogens (tertiary/aromatic N) is 8. The maximum absolute atomic E-state index is 4.81. The fraction of sp³-hybridized carbons (Fsp3) is 0.737. The molecule has 1 atom stereocenters. The van der Waals surface area contributed by atoms with Crippen LogP contribution in [-0.2, 0) is 13.0 Å². The van der Waals surface area contributed by atoms with E-state index in [1.807, 2.05) is 19.0 Å². The van der Waals surface area contributed by atoms with Crippen molar-refractivity contribution in [2.24, 2.45) is 0 Å². The lowest BCUT2D eigenvalue weighted by molar-refractivity contribution is 0.554. The summed E-state index contributed by atoms with van der Waals surface area (Å²) >= 11 is 0. The van der Waals surface area contributed by atoms with Gasteiger partial charge in [0.2, 0.25) is 11.9 Å². The summed E-state index contributed by atoms with van der Waals surface area (Å²) in [5.74, 6) is 4.81. The lowest BCUT2D eigenvalue weighted by atomic mass is 10.2. The first kappa shape index (κ1) is 18.1. The number of aromatic nitrogens is 6. The highest BCUT2D eigenvalue weighted by molar-refractivity contribution is 5.41. The van der Waals surface area contributed by atoms with Crippen molar-refractivity contribution in [3.05, 3.63) is 17.5 Å². The number of hydrogen-bond donors (Lipinski definition) is 0. The zero-order valence-electron chi connectivity index (χ0n) is 16.9. The van der Waals surface area contributed by atoms with Crippen molar-refractivity contribution >= 4 is 11.9 Å². The second-order valence-electron chi connectivity index (χ2n) is 8.13. The summed E-state index contributed by atoms with van der Waals surface area (Å²) in [7, 11) is 3.95. The van der Waals surface area contributed by atoms with Crippen molar-refractivity contribution < 1.29 is 0 Å². The Kier molecular flexibility index (Phi) is 4.97. The largest absolute Gasteiger partial charge is 0.347 e. The molecule has 1 fully saturated rings. The minimum absolute atomic E-state index is 0.196. The predicted molar refractivity (Wildman–Crippen MR) is 105 cm³/mol. The maximum atomic E-state index is 4.81. The minimum atomic E-state index is 0.196. The summed E-state index contributed by atoms with van der Waals surface area (Å²) in [5, 5.41) is 9.11. The maximum Gasteiger partial charge on any atom is 0.231 e. The molecule has 0 aromatic carbocycles. The van der Waals surface area contributed by atoms with E-state index in [9.17, 15) is 0 Å². The highest BCUT2D eigenvalue weighted by atomic mass is 15.4. The van der Waals surface area contributed by atoms with Gasteiger partial charge in [-0.05, 0) is 25.7 Å². The molecule has 1 unspecified atom stereocenters. The molecule has 8 nitrogen and oxygen atoms in total. The Bertz CT molecular complexity index is 771. The molecule has 0 amide bonds. The van der Waals surface area contributed by atoms with Gasteiger partial charge in [-0.25, -0.2) is 0 Å². The molecule has 2 aromatic rings. The Balaban J connectivity index is 1.71. The van der Waals surface area contributed by atoms with Gasteiger partial charge < -0.3 is 14.4 Å². The van der Waals surface area contributed by atoms with Gasteiger partial charge in [0.15, 0.2) is 5.82 Å². The lowest BCUT2D eigenvalue weighted by Gasteiger charge is -2.26. The lowest BCUT2D eigenvalue weighted by Crippen LogP contribution is -2.29. The number of aryl methyl sites for hydroxylation is 1. The minimum Gasteiger partial charge on any atom is -0.347 e. The molecule has 4 rings (SSSR count). The molecule has 2 aliphatic rings. The van der Waals surface area contributed by atoms with Gasteiger partial charge >= 0.3 is 0 Å². The Morgan fingerprint density at radius 2 is 1.81 bits per heavy atom. The molecule has 1 saturated heterocycles. The van der Waals surface area contributed by atoms with Gasteiger partial charge in [-0.1, -0.05) is 20.3 Å². The fourth-order valence-electron chi connectivity index (χ4n) is 3.98. The molecule has 4 heterocycles. The molecule has 0 bridgehead atoms. The molecule has 2 aromatic heterocycles. The van der Waals surface area contributed by atoms with E-state index < -0.39 is 0 Å². The zero-order valence-corrected chi connectivity index (χ0v) is 16.9. The zero-order chi connectivity index (χ0) is 19.0. The number of rotatable bonds is 4. The summed E-state index contributed by atoms with van der Waals surface area (Å²) in [4.78, 5) is 18.4. The van der Waals surface area contributed by atoms with Gasteiger partial charge in [-0.2, -0.15) is 15.0 Å². The van der Waals surface area contributed by atoms with Crippen LogP contribution < -0.4 is 9.80 Å². The Morgan fingerprint density at radius 1 is 0.963 bits per heavy atom. The first-order chi connectivity index (χ1) is 13.0. The molecule has 8 heteroatoms. The van der Waals surface area contributed by atoms with Gasteiger partial charge in [-0.3, -0.25) is 0 Å². The first-order valence-corrected chi connectivity index (χ1v) is 10.2. The topological polar surface area (TPSA) is 75.9 Å². The van der Waals surface area contributed by atoms with Gasteiger partial charge in [0.05, 0.1) is 6.04 Å². The van der Waals surface area contributed by atoms with Crippen LogP contribution in [0.3, 0.4) is 0 Å². The molecule has 0 saturated carbocycles. The summed E-state index contributed by atoms with van der Waals surface area (Å²) in [6.07, 6.45) is 6.91. The van der Waals surface area contributed by atoms with Gasteiger partial charge in [0.1, 0.15) is 11.6 Å². The SMILES string of the molecule is CC(C)c1nc(N(C)C)nc(N2CCCC2c2nnc3n2CCCCC3)n1. The predicted octanol–water partition coefficient (Wildman–Crippen LogP) is 2.72. The van der Waals surface area contributed by atoms with Crippen LogP contribution in [0.1, 0.15) is 75.4 Å². The smallest absolute Gasteiger partial charge is 0.231 e. The van der Waals surface area contributed by atoms with Crippen LogP contribution in [0.25, 0.3) is 0 Å².